The fraction of sp³-hybridized carbons (Fsp3) is 0.231. The van der Waals surface area contributed by atoms with Crippen LogP contribution in [0.15, 0.2) is 30.6 Å². The van der Waals surface area contributed by atoms with Crippen molar-refractivity contribution in [1.29, 1.82) is 0 Å². The van der Waals surface area contributed by atoms with Gasteiger partial charge in [-0.15, -0.1) is 0 Å². The zero-order valence-electron chi connectivity index (χ0n) is 9.39. The summed E-state index contributed by atoms with van der Waals surface area (Å²) in [5.41, 5.74) is 8.85. The van der Waals surface area contributed by atoms with Crippen LogP contribution in [0.5, 0.6) is 11.8 Å². The highest BCUT2D eigenvalue weighted by Crippen LogP contribution is 2.27. The molecule has 2 aromatic rings. The molecule has 0 radical (unpaired) electrons. The molecule has 0 fully saturated rings. The average molecular weight is 227 g/mol. The minimum absolute atomic E-state index is 0.331. The summed E-state index contributed by atoms with van der Waals surface area (Å²) in [5, 5.41) is 0. The Morgan fingerprint density at radius 1 is 1.06 bits per heavy atom. The number of ether oxygens (including phenoxy) is 1. The van der Waals surface area contributed by atoms with Crippen molar-refractivity contribution in [2.45, 2.75) is 19.3 Å². The van der Waals surface area contributed by atoms with E-state index in [0.717, 1.165) is 12.2 Å². The monoisotopic (exact) mass is 227 g/mol. The molecule has 3 rings (SSSR count). The van der Waals surface area contributed by atoms with Crippen molar-refractivity contribution in [1.82, 2.24) is 9.97 Å². The zero-order chi connectivity index (χ0) is 11.7. The molecule has 2 N–H and O–H groups in total. The molecule has 0 unspecified atom stereocenters. The Morgan fingerprint density at radius 2 is 1.82 bits per heavy atom. The topological polar surface area (TPSA) is 61.0 Å². The van der Waals surface area contributed by atoms with Crippen LogP contribution in [0, 0.1) is 0 Å². The van der Waals surface area contributed by atoms with Gasteiger partial charge in [0, 0.05) is 0 Å². The molecule has 1 aromatic heterocycles. The molecule has 4 nitrogen and oxygen atoms in total. The minimum Gasteiger partial charge on any atom is -0.424 e. The van der Waals surface area contributed by atoms with Crippen molar-refractivity contribution >= 4 is 5.69 Å². The van der Waals surface area contributed by atoms with E-state index in [2.05, 4.69) is 22.1 Å². The molecular formula is C13H13N3O. The highest BCUT2D eigenvalue weighted by molar-refractivity contribution is 5.39. The number of hydrogen-bond acceptors (Lipinski definition) is 4. The number of benzene rings is 1. The van der Waals surface area contributed by atoms with Gasteiger partial charge in [-0.2, -0.15) is 0 Å². The van der Waals surface area contributed by atoms with Gasteiger partial charge in [-0.25, -0.2) is 9.97 Å². The van der Waals surface area contributed by atoms with Crippen LogP contribution in [0.3, 0.4) is 0 Å². The highest BCUT2D eigenvalue weighted by Gasteiger charge is 2.11. The third-order valence-electron chi connectivity index (χ3n) is 2.93. The predicted octanol–water partition coefficient (Wildman–Crippen LogP) is 2.34. The quantitative estimate of drug-likeness (QED) is 0.855. The molecule has 1 aliphatic rings. The van der Waals surface area contributed by atoms with Gasteiger partial charge in [-0.05, 0) is 42.5 Å². The number of nitrogens with two attached hydrogens (primary N) is 1. The molecule has 1 aliphatic carbocycles. The fourth-order valence-electron chi connectivity index (χ4n) is 2.10. The molecule has 0 amide bonds. The number of anilines is 1. The zero-order valence-corrected chi connectivity index (χ0v) is 9.39. The first kappa shape index (κ1) is 10.1. The van der Waals surface area contributed by atoms with Gasteiger partial charge in [0.05, 0.1) is 18.1 Å². The smallest absolute Gasteiger partial charge is 0.322 e. The van der Waals surface area contributed by atoms with E-state index in [0.29, 0.717) is 11.7 Å². The molecule has 86 valence electrons. The van der Waals surface area contributed by atoms with Crippen LogP contribution in [-0.2, 0) is 12.8 Å². The second-order valence-electron chi connectivity index (χ2n) is 4.19. The number of rotatable bonds is 2. The maximum absolute atomic E-state index is 5.58. The van der Waals surface area contributed by atoms with Crippen LogP contribution in [-0.4, -0.2) is 9.97 Å². The number of fused-ring (bicyclic) bond motifs is 1. The molecule has 4 heteroatoms. The van der Waals surface area contributed by atoms with Crippen molar-refractivity contribution in [3.63, 3.8) is 0 Å². The summed E-state index contributed by atoms with van der Waals surface area (Å²) in [6.45, 7) is 0. The van der Waals surface area contributed by atoms with Gasteiger partial charge in [0.1, 0.15) is 5.75 Å². The standard InChI is InChI=1S/C13H13N3O/c14-11-7-15-13(16-8-11)17-12-5-4-9-2-1-3-10(9)6-12/h4-8H,1-3,14H2. The Bertz CT molecular complexity index is 537. The summed E-state index contributed by atoms with van der Waals surface area (Å²) in [5.74, 6) is 0.787. The lowest BCUT2D eigenvalue weighted by molar-refractivity contribution is 0.441. The van der Waals surface area contributed by atoms with Gasteiger partial charge in [0.25, 0.3) is 0 Å². The lowest BCUT2D eigenvalue weighted by Crippen LogP contribution is -1.94. The van der Waals surface area contributed by atoms with Gasteiger partial charge in [-0.3, -0.25) is 0 Å². The normalized spacial score (nSPS) is 13.4. The van der Waals surface area contributed by atoms with E-state index in [1.165, 1.54) is 36.4 Å². The Labute approximate surface area is 99.5 Å². The van der Waals surface area contributed by atoms with Gasteiger partial charge >= 0.3 is 6.01 Å². The van der Waals surface area contributed by atoms with E-state index in [1.807, 2.05) is 6.07 Å². The summed E-state index contributed by atoms with van der Waals surface area (Å²) in [6.07, 6.45) is 6.62. The molecule has 17 heavy (non-hydrogen) atoms. The predicted molar refractivity (Wildman–Crippen MR) is 65.0 cm³/mol. The first-order chi connectivity index (χ1) is 8.31. The van der Waals surface area contributed by atoms with E-state index in [1.54, 1.807) is 0 Å². The Kier molecular flexibility index (Phi) is 2.40. The van der Waals surface area contributed by atoms with E-state index in [4.69, 9.17) is 10.5 Å². The first-order valence-electron chi connectivity index (χ1n) is 5.68. The maximum Gasteiger partial charge on any atom is 0.322 e. The van der Waals surface area contributed by atoms with Gasteiger partial charge in [-0.1, -0.05) is 6.07 Å². The third-order valence-corrected chi connectivity index (χ3v) is 2.93. The van der Waals surface area contributed by atoms with Crippen LogP contribution in [0.1, 0.15) is 17.5 Å². The molecule has 1 heterocycles. The summed E-state index contributed by atoms with van der Waals surface area (Å²) >= 11 is 0. The van der Waals surface area contributed by atoms with Crippen LogP contribution < -0.4 is 10.5 Å². The van der Waals surface area contributed by atoms with E-state index in [-0.39, 0.29) is 0 Å². The van der Waals surface area contributed by atoms with Crippen LogP contribution in [0.25, 0.3) is 0 Å². The van der Waals surface area contributed by atoms with E-state index in [9.17, 15) is 0 Å². The van der Waals surface area contributed by atoms with E-state index >= 15 is 0 Å². The third kappa shape index (κ3) is 2.06. The van der Waals surface area contributed by atoms with Gasteiger partial charge in [0.15, 0.2) is 0 Å². The van der Waals surface area contributed by atoms with Crippen molar-refractivity contribution in [3.8, 4) is 11.8 Å². The molecule has 0 saturated carbocycles. The molecule has 0 aliphatic heterocycles. The van der Waals surface area contributed by atoms with Gasteiger partial charge < -0.3 is 10.5 Å². The summed E-state index contributed by atoms with van der Waals surface area (Å²) in [7, 11) is 0. The number of aryl methyl sites for hydroxylation is 2. The summed E-state index contributed by atoms with van der Waals surface area (Å²) < 4.78 is 5.58. The lowest BCUT2D eigenvalue weighted by Gasteiger charge is -2.05. The average Bonchev–Trinajstić information content (AvgIpc) is 2.79. The van der Waals surface area contributed by atoms with E-state index < -0.39 is 0 Å². The van der Waals surface area contributed by atoms with Crippen LogP contribution in [0.2, 0.25) is 0 Å². The van der Waals surface area contributed by atoms with Crippen molar-refractivity contribution in [3.05, 3.63) is 41.7 Å². The molecule has 1 aromatic carbocycles. The molecule has 0 bridgehead atoms. The first-order valence-corrected chi connectivity index (χ1v) is 5.68. The Morgan fingerprint density at radius 3 is 2.65 bits per heavy atom. The molecular weight excluding hydrogens is 214 g/mol. The molecule has 0 saturated heterocycles. The van der Waals surface area contributed by atoms with Crippen molar-refractivity contribution in [2.75, 3.05) is 5.73 Å². The Hall–Kier alpha value is -2.10. The largest absolute Gasteiger partial charge is 0.424 e. The van der Waals surface area contributed by atoms with Crippen LogP contribution in [0.4, 0.5) is 5.69 Å². The lowest BCUT2D eigenvalue weighted by atomic mass is 10.1. The summed E-state index contributed by atoms with van der Waals surface area (Å²) in [6, 6.07) is 6.48. The molecule has 0 spiro atoms. The number of hydrogen-bond donors (Lipinski definition) is 1. The maximum atomic E-state index is 5.58. The Balaban J connectivity index is 1.83. The SMILES string of the molecule is Nc1cnc(Oc2ccc3c(c2)CCC3)nc1. The minimum atomic E-state index is 0.331. The van der Waals surface area contributed by atoms with Crippen LogP contribution >= 0.6 is 0 Å². The number of nitrogens with zero attached hydrogens (tertiary/aromatic N) is 2. The van der Waals surface area contributed by atoms with Crippen molar-refractivity contribution < 1.29 is 4.74 Å². The fourth-order valence-corrected chi connectivity index (χ4v) is 2.10. The van der Waals surface area contributed by atoms with Crippen molar-refractivity contribution in [2.24, 2.45) is 0 Å². The molecule has 0 atom stereocenters. The number of aromatic nitrogens is 2. The second kappa shape index (κ2) is 4.05. The van der Waals surface area contributed by atoms with Gasteiger partial charge in [0.2, 0.25) is 0 Å². The second-order valence-corrected chi connectivity index (χ2v) is 4.19. The number of nitrogen functional groups attached to an aromatic ring is 1. The summed E-state index contributed by atoms with van der Waals surface area (Å²) in [4.78, 5) is 8.02. The highest BCUT2D eigenvalue weighted by atomic mass is 16.5.